The van der Waals surface area contributed by atoms with Gasteiger partial charge in [-0.1, -0.05) is 6.92 Å². The average Bonchev–Trinajstić information content (AvgIpc) is 2.51. The van der Waals surface area contributed by atoms with Crippen LogP contribution < -0.4 is 5.56 Å². The number of carbonyl (C=O) groups excluding carboxylic acids is 1. The lowest BCUT2D eigenvalue weighted by atomic mass is 9.99. The number of nitrogens with zero attached hydrogens (tertiary/aromatic N) is 2. The van der Waals surface area contributed by atoms with Crippen LogP contribution >= 0.6 is 0 Å². The predicted molar refractivity (Wildman–Crippen MR) is 81.9 cm³/mol. The molecule has 0 aliphatic carbocycles. The standard InChI is InChI=1S/C16H14F2N2O4/c1-9-5-15(21)19(8-14(9)20(23)24)7-10(2)16(22)11-3-4-12(17)13(18)6-11/h3-6,8,10H,7H2,1-2H3/t10-/m1/s1. The molecular weight excluding hydrogens is 322 g/mol. The fraction of sp³-hybridized carbons (Fsp3) is 0.250. The van der Waals surface area contributed by atoms with Gasteiger partial charge in [0.05, 0.1) is 11.1 Å². The zero-order chi connectivity index (χ0) is 18.0. The maximum Gasteiger partial charge on any atom is 0.288 e. The van der Waals surface area contributed by atoms with E-state index in [9.17, 15) is 28.5 Å². The number of ketones is 1. The van der Waals surface area contributed by atoms with Gasteiger partial charge in [0.1, 0.15) is 0 Å². The number of rotatable bonds is 5. The number of halogens is 2. The Morgan fingerprint density at radius 2 is 1.96 bits per heavy atom. The van der Waals surface area contributed by atoms with Crippen LogP contribution in [0.5, 0.6) is 0 Å². The van der Waals surface area contributed by atoms with Crippen LogP contribution in [0.25, 0.3) is 0 Å². The predicted octanol–water partition coefficient (Wildman–Crippen LogP) is 2.86. The molecule has 1 atom stereocenters. The summed E-state index contributed by atoms with van der Waals surface area (Å²) in [6.45, 7) is 2.83. The normalized spacial score (nSPS) is 12.0. The van der Waals surface area contributed by atoms with Crippen LogP contribution in [0.3, 0.4) is 0 Å². The van der Waals surface area contributed by atoms with Crippen LogP contribution in [0.2, 0.25) is 0 Å². The van der Waals surface area contributed by atoms with Crippen molar-refractivity contribution in [3.63, 3.8) is 0 Å². The minimum atomic E-state index is -1.14. The van der Waals surface area contributed by atoms with E-state index in [1.54, 1.807) is 0 Å². The number of aromatic nitrogens is 1. The van der Waals surface area contributed by atoms with Crippen LogP contribution in [0.15, 0.2) is 35.3 Å². The molecule has 24 heavy (non-hydrogen) atoms. The van der Waals surface area contributed by atoms with Crippen molar-refractivity contribution in [3.8, 4) is 0 Å². The number of hydrogen-bond acceptors (Lipinski definition) is 4. The van der Waals surface area contributed by atoms with Gasteiger partial charge in [-0.2, -0.15) is 0 Å². The van der Waals surface area contributed by atoms with Crippen molar-refractivity contribution < 1.29 is 18.5 Å². The second-order valence-corrected chi connectivity index (χ2v) is 5.48. The zero-order valence-electron chi connectivity index (χ0n) is 13.0. The van der Waals surface area contributed by atoms with Crippen molar-refractivity contribution in [2.45, 2.75) is 20.4 Å². The molecule has 0 fully saturated rings. The first-order valence-corrected chi connectivity index (χ1v) is 7.05. The van der Waals surface area contributed by atoms with Crippen molar-refractivity contribution in [1.82, 2.24) is 4.57 Å². The smallest absolute Gasteiger partial charge is 0.288 e. The molecule has 2 aromatic rings. The molecule has 1 aromatic carbocycles. The van der Waals surface area contributed by atoms with Crippen molar-refractivity contribution in [1.29, 1.82) is 0 Å². The van der Waals surface area contributed by atoms with Crippen molar-refractivity contribution >= 4 is 11.5 Å². The van der Waals surface area contributed by atoms with Crippen LogP contribution in [0.4, 0.5) is 14.5 Å². The molecule has 0 N–H and O–H groups in total. The monoisotopic (exact) mass is 336 g/mol. The van der Waals surface area contributed by atoms with Gasteiger partial charge in [0.2, 0.25) is 0 Å². The first-order valence-electron chi connectivity index (χ1n) is 7.05. The highest BCUT2D eigenvalue weighted by Gasteiger charge is 2.20. The summed E-state index contributed by atoms with van der Waals surface area (Å²) < 4.78 is 27.2. The van der Waals surface area contributed by atoms with Gasteiger partial charge in [0.15, 0.2) is 17.4 Å². The lowest BCUT2D eigenvalue weighted by molar-refractivity contribution is -0.385. The van der Waals surface area contributed by atoms with Gasteiger partial charge >= 0.3 is 0 Å². The average molecular weight is 336 g/mol. The Labute approximate surface area is 135 Å². The second-order valence-electron chi connectivity index (χ2n) is 5.48. The Hall–Kier alpha value is -2.90. The first kappa shape index (κ1) is 17.5. The lowest BCUT2D eigenvalue weighted by Gasteiger charge is -2.13. The summed E-state index contributed by atoms with van der Waals surface area (Å²) in [4.78, 5) is 34.5. The van der Waals surface area contributed by atoms with Crippen LogP contribution in [-0.2, 0) is 6.54 Å². The third-order valence-corrected chi connectivity index (χ3v) is 3.62. The topological polar surface area (TPSA) is 82.2 Å². The summed E-state index contributed by atoms with van der Waals surface area (Å²) in [5.41, 5.74) is -0.526. The van der Waals surface area contributed by atoms with E-state index in [-0.39, 0.29) is 23.4 Å². The Bertz CT molecular complexity index is 877. The maximum absolute atomic E-state index is 13.2. The molecule has 0 bridgehead atoms. The second kappa shape index (κ2) is 6.69. The van der Waals surface area contributed by atoms with E-state index in [0.717, 1.165) is 35.0 Å². The van der Waals surface area contributed by atoms with E-state index >= 15 is 0 Å². The fourth-order valence-electron chi connectivity index (χ4n) is 2.30. The van der Waals surface area contributed by atoms with Crippen molar-refractivity contribution in [3.05, 3.63) is 73.7 Å². The number of aryl methyl sites for hydroxylation is 1. The molecule has 126 valence electrons. The SMILES string of the molecule is Cc1cc(=O)n(C[C@@H](C)C(=O)c2ccc(F)c(F)c2)cc1[N+](=O)[O-]. The molecular formula is C16H14F2N2O4. The van der Waals surface area contributed by atoms with E-state index in [2.05, 4.69) is 0 Å². The Morgan fingerprint density at radius 1 is 1.29 bits per heavy atom. The number of nitro groups is 1. The first-order chi connectivity index (χ1) is 11.2. The third-order valence-electron chi connectivity index (χ3n) is 3.62. The molecule has 0 aliphatic rings. The van der Waals surface area contributed by atoms with Crippen LogP contribution in [-0.4, -0.2) is 15.3 Å². The van der Waals surface area contributed by atoms with Crippen LogP contribution in [0.1, 0.15) is 22.8 Å². The third kappa shape index (κ3) is 3.53. The summed E-state index contributed by atoms with van der Waals surface area (Å²) >= 11 is 0. The van der Waals surface area contributed by atoms with E-state index < -0.39 is 33.8 Å². The molecule has 0 amide bonds. The molecule has 2 rings (SSSR count). The molecule has 6 nitrogen and oxygen atoms in total. The van der Waals surface area contributed by atoms with Gasteiger partial charge in [0.25, 0.3) is 11.2 Å². The maximum atomic E-state index is 13.2. The number of benzene rings is 1. The number of hydrogen-bond donors (Lipinski definition) is 0. The van der Waals surface area contributed by atoms with E-state index in [1.165, 1.54) is 13.8 Å². The molecule has 0 saturated heterocycles. The Morgan fingerprint density at radius 3 is 2.54 bits per heavy atom. The number of Topliss-reactive ketones (excluding diaryl/α,β-unsaturated/α-hetero) is 1. The lowest BCUT2D eigenvalue weighted by Crippen LogP contribution is -2.26. The number of carbonyl (C=O) groups is 1. The van der Waals surface area contributed by atoms with Gasteiger partial charge in [-0.05, 0) is 25.1 Å². The zero-order valence-corrected chi connectivity index (χ0v) is 13.0. The summed E-state index contributed by atoms with van der Waals surface area (Å²) in [6, 6.07) is 3.90. The molecule has 0 spiro atoms. The van der Waals surface area contributed by atoms with Gasteiger partial charge in [-0.25, -0.2) is 8.78 Å². The summed E-state index contributed by atoms with van der Waals surface area (Å²) in [7, 11) is 0. The van der Waals surface area contributed by atoms with Gasteiger partial charge < -0.3 is 4.57 Å². The molecule has 0 unspecified atom stereocenters. The highest BCUT2D eigenvalue weighted by molar-refractivity contribution is 5.97. The number of pyridine rings is 1. The summed E-state index contributed by atoms with van der Waals surface area (Å²) in [6.07, 6.45) is 1.08. The van der Waals surface area contributed by atoms with Crippen molar-refractivity contribution in [2.24, 2.45) is 5.92 Å². The van der Waals surface area contributed by atoms with Gasteiger partial charge in [0, 0.05) is 29.7 Å². The molecule has 8 heteroatoms. The Kier molecular flexibility index (Phi) is 4.87. The van der Waals surface area contributed by atoms with Crippen molar-refractivity contribution in [2.75, 3.05) is 0 Å². The molecule has 0 saturated carbocycles. The largest absolute Gasteiger partial charge is 0.308 e. The minimum Gasteiger partial charge on any atom is -0.308 e. The molecule has 1 heterocycles. The molecule has 0 aliphatic heterocycles. The van der Waals surface area contributed by atoms with E-state index in [0.29, 0.717) is 0 Å². The van der Waals surface area contributed by atoms with E-state index in [4.69, 9.17) is 0 Å². The summed E-state index contributed by atoms with van der Waals surface area (Å²) in [5, 5.41) is 10.9. The summed E-state index contributed by atoms with van der Waals surface area (Å²) in [5.74, 6) is -3.46. The Balaban J connectivity index is 2.28. The van der Waals surface area contributed by atoms with Gasteiger partial charge in [-0.3, -0.25) is 19.7 Å². The quantitative estimate of drug-likeness (QED) is 0.477. The highest BCUT2D eigenvalue weighted by atomic mass is 19.2. The van der Waals surface area contributed by atoms with Crippen LogP contribution in [0, 0.1) is 34.6 Å². The van der Waals surface area contributed by atoms with Gasteiger partial charge in [-0.15, -0.1) is 0 Å². The fourth-order valence-corrected chi connectivity index (χ4v) is 2.30. The molecule has 1 aromatic heterocycles. The van der Waals surface area contributed by atoms with E-state index in [1.807, 2.05) is 0 Å². The highest BCUT2D eigenvalue weighted by Crippen LogP contribution is 2.17. The molecule has 0 radical (unpaired) electrons. The minimum absolute atomic E-state index is 0.0314.